The van der Waals surface area contributed by atoms with E-state index in [0.717, 1.165) is 31.5 Å². The standard InChI is InChI=1S/C15H10Br2Cl2N2/c16-9-1-4-12-14(7-9)21(15(20-12)5-6-18)13-8-10(19)2-3-11(13)17/h1-4,7-8H,5-6H2. The largest absolute Gasteiger partial charge is 0.295 e. The topological polar surface area (TPSA) is 17.8 Å². The van der Waals surface area contributed by atoms with Gasteiger partial charge in [0.25, 0.3) is 0 Å². The highest BCUT2D eigenvalue weighted by atomic mass is 79.9. The number of aryl methyl sites for hydroxylation is 1. The van der Waals surface area contributed by atoms with Crippen molar-refractivity contribution >= 4 is 66.1 Å². The number of alkyl halides is 1. The van der Waals surface area contributed by atoms with Crippen molar-refractivity contribution in [1.29, 1.82) is 0 Å². The Morgan fingerprint density at radius 1 is 1.10 bits per heavy atom. The number of fused-ring (bicyclic) bond motifs is 1. The van der Waals surface area contributed by atoms with Gasteiger partial charge in [-0.2, -0.15) is 0 Å². The lowest BCUT2D eigenvalue weighted by Gasteiger charge is -2.11. The molecule has 3 aromatic rings. The van der Waals surface area contributed by atoms with Crippen molar-refractivity contribution in [3.8, 4) is 5.69 Å². The van der Waals surface area contributed by atoms with E-state index in [9.17, 15) is 0 Å². The molecule has 0 unspecified atom stereocenters. The highest BCUT2D eigenvalue weighted by Crippen LogP contribution is 2.31. The minimum absolute atomic E-state index is 0.517. The molecule has 3 rings (SSSR count). The summed E-state index contributed by atoms with van der Waals surface area (Å²) in [5.74, 6) is 1.43. The Morgan fingerprint density at radius 3 is 2.67 bits per heavy atom. The number of nitrogens with zero attached hydrogens (tertiary/aromatic N) is 2. The molecule has 21 heavy (non-hydrogen) atoms. The van der Waals surface area contributed by atoms with Gasteiger partial charge in [0.15, 0.2) is 0 Å². The highest BCUT2D eigenvalue weighted by molar-refractivity contribution is 9.10. The van der Waals surface area contributed by atoms with Gasteiger partial charge in [-0.15, -0.1) is 11.6 Å². The average molecular weight is 449 g/mol. The van der Waals surface area contributed by atoms with E-state index in [2.05, 4.69) is 41.4 Å². The molecule has 0 aliphatic carbocycles. The minimum Gasteiger partial charge on any atom is -0.295 e. The van der Waals surface area contributed by atoms with Crippen LogP contribution in [0.15, 0.2) is 45.3 Å². The van der Waals surface area contributed by atoms with Gasteiger partial charge in [0.2, 0.25) is 0 Å². The first-order valence-corrected chi connectivity index (χ1v) is 8.78. The lowest BCUT2D eigenvalue weighted by Crippen LogP contribution is -2.03. The first-order valence-electron chi connectivity index (χ1n) is 6.28. The molecule has 108 valence electrons. The third-order valence-corrected chi connectivity index (χ3v) is 4.74. The molecule has 0 fully saturated rings. The summed E-state index contributed by atoms with van der Waals surface area (Å²) in [5.41, 5.74) is 2.92. The van der Waals surface area contributed by atoms with Crippen LogP contribution in [0.1, 0.15) is 5.82 Å². The van der Waals surface area contributed by atoms with Gasteiger partial charge in [-0.05, 0) is 52.3 Å². The Bertz CT molecular complexity index is 815. The Labute approximate surface area is 149 Å². The summed E-state index contributed by atoms with van der Waals surface area (Å²) in [5, 5.41) is 0.682. The lowest BCUT2D eigenvalue weighted by molar-refractivity contribution is 0.909. The van der Waals surface area contributed by atoms with E-state index < -0.39 is 0 Å². The molecule has 2 aromatic carbocycles. The maximum Gasteiger partial charge on any atom is 0.115 e. The number of hydrogen-bond donors (Lipinski definition) is 0. The number of benzene rings is 2. The quantitative estimate of drug-likeness (QED) is 0.450. The fourth-order valence-corrected chi connectivity index (χ4v) is 3.38. The van der Waals surface area contributed by atoms with Crippen LogP contribution in [-0.2, 0) is 6.42 Å². The highest BCUT2D eigenvalue weighted by Gasteiger charge is 2.15. The number of hydrogen-bond acceptors (Lipinski definition) is 1. The van der Waals surface area contributed by atoms with Crippen LogP contribution in [0, 0.1) is 0 Å². The van der Waals surface area contributed by atoms with Gasteiger partial charge in [0.1, 0.15) is 5.82 Å². The zero-order chi connectivity index (χ0) is 15.0. The van der Waals surface area contributed by atoms with Crippen molar-refractivity contribution in [2.24, 2.45) is 0 Å². The molecule has 0 N–H and O–H groups in total. The van der Waals surface area contributed by atoms with Crippen molar-refractivity contribution < 1.29 is 0 Å². The van der Waals surface area contributed by atoms with Crippen LogP contribution in [0.2, 0.25) is 5.02 Å². The van der Waals surface area contributed by atoms with E-state index in [-0.39, 0.29) is 0 Å². The predicted molar refractivity (Wildman–Crippen MR) is 95.9 cm³/mol. The van der Waals surface area contributed by atoms with Crippen molar-refractivity contribution in [3.63, 3.8) is 0 Å². The van der Waals surface area contributed by atoms with E-state index in [1.54, 1.807) is 0 Å². The van der Waals surface area contributed by atoms with Gasteiger partial charge in [0.05, 0.1) is 16.7 Å². The molecule has 1 heterocycles. The number of rotatable bonds is 3. The van der Waals surface area contributed by atoms with Crippen LogP contribution in [0.4, 0.5) is 0 Å². The molecule has 0 amide bonds. The lowest BCUT2D eigenvalue weighted by atomic mass is 10.2. The van der Waals surface area contributed by atoms with Crippen LogP contribution in [-0.4, -0.2) is 15.4 Å². The fraction of sp³-hybridized carbons (Fsp3) is 0.133. The Morgan fingerprint density at radius 2 is 1.90 bits per heavy atom. The summed E-state index contributed by atoms with van der Waals surface area (Å²) >= 11 is 19.2. The second-order valence-corrected chi connectivity index (χ2v) is 7.12. The third-order valence-electron chi connectivity index (χ3n) is 3.15. The molecule has 0 atom stereocenters. The first kappa shape index (κ1) is 15.3. The molecule has 0 radical (unpaired) electrons. The van der Waals surface area contributed by atoms with E-state index >= 15 is 0 Å². The van der Waals surface area contributed by atoms with Crippen molar-refractivity contribution in [2.75, 3.05) is 5.88 Å². The van der Waals surface area contributed by atoms with E-state index in [0.29, 0.717) is 17.3 Å². The SMILES string of the molecule is ClCCc1nc2ccc(Br)cc2n1-c1cc(Cl)ccc1Br. The van der Waals surface area contributed by atoms with Crippen LogP contribution >= 0.6 is 55.1 Å². The zero-order valence-electron chi connectivity index (χ0n) is 10.8. The second kappa shape index (κ2) is 6.29. The van der Waals surface area contributed by atoms with Gasteiger partial charge in [-0.25, -0.2) is 4.98 Å². The molecule has 0 aliphatic rings. The second-order valence-electron chi connectivity index (χ2n) is 4.53. The maximum atomic E-state index is 6.16. The van der Waals surface area contributed by atoms with Gasteiger partial charge in [-0.3, -0.25) is 4.57 Å². The number of imidazole rings is 1. The molecule has 0 saturated carbocycles. The third kappa shape index (κ3) is 3.00. The summed E-state index contributed by atoms with van der Waals surface area (Å²) in [4.78, 5) is 4.68. The number of aromatic nitrogens is 2. The predicted octanol–water partition coefficient (Wildman–Crippen LogP) is 5.99. The Balaban J connectivity index is 2.35. The van der Waals surface area contributed by atoms with Crippen LogP contribution < -0.4 is 0 Å². The van der Waals surface area contributed by atoms with Gasteiger partial charge in [0, 0.05) is 26.3 Å². The molecule has 0 aliphatic heterocycles. The molecule has 0 saturated heterocycles. The summed E-state index contributed by atoms with van der Waals surface area (Å²) in [6, 6.07) is 11.7. The summed E-state index contributed by atoms with van der Waals surface area (Å²) in [6.45, 7) is 0. The van der Waals surface area contributed by atoms with Gasteiger partial charge < -0.3 is 0 Å². The van der Waals surface area contributed by atoms with Crippen LogP contribution in [0.5, 0.6) is 0 Å². The zero-order valence-corrected chi connectivity index (χ0v) is 15.5. The van der Waals surface area contributed by atoms with Gasteiger partial charge in [-0.1, -0.05) is 27.5 Å². The Hall–Kier alpha value is -0.550. The molecular formula is C15H10Br2Cl2N2. The van der Waals surface area contributed by atoms with E-state index in [4.69, 9.17) is 23.2 Å². The monoisotopic (exact) mass is 446 g/mol. The summed E-state index contributed by atoms with van der Waals surface area (Å²) in [7, 11) is 0. The molecule has 0 spiro atoms. The van der Waals surface area contributed by atoms with Crippen LogP contribution in [0.25, 0.3) is 16.7 Å². The maximum absolute atomic E-state index is 6.16. The van der Waals surface area contributed by atoms with Gasteiger partial charge >= 0.3 is 0 Å². The fourth-order valence-electron chi connectivity index (χ4n) is 2.28. The molecular weight excluding hydrogens is 439 g/mol. The van der Waals surface area contributed by atoms with E-state index in [1.807, 2.05) is 36.4 Å². The molecule has 6 heteroatoms. The van der Waals surface area contributed by atoms with E-state index in [1.165, 1.54) is 0 Å². The van der Waals surface area contributed by atoms with Crippen molar-refractivity contribution in [1.82, 2.24) is 9.55 Å². The minimum atomic E-state index is 0.517. The Kier molecular flexibility index (Phi) is 4.60. The molecule has 0 bridgehead atoms. The van der Waals surface area contributed by atoms with Crippen molar-refractivity contribution in [3.05, 3.63) is 56.2 Å². The van der Waals surface area contributed by atoms with Crippen molar-refractivity contribution in [2.45, 2.75) is 6.42 Å². The molecule has 2 nitrogen and oxygen atoms in total. The summed E-state index contributed by atoms with van der Waals surface area (Å²) in [6.07, 6.45) is 0.687. The normalized spacial score (nSPS) is 11.2. The molecule has 1 aromatic heterocycles. The number of halogens is 4. The smallest absolute Gasteiger partial charge is 0.115 e. The average Bonchev–Trinajstić information content (AvgIpc) is 2.79. The summed E-state index contributed by atoms with van der Waals surface area (Å²) < 4.78 is 4.06. The first-order chi connectivity index (χ1) is 10.1. The van der Waals surface area contributed by atoms with Crippen LogP contribution in [0.3, 0.4) is 0 Å².